The van der Waals surface area contributed by atoms with Gasteiger partial charge in [-0.05, 0) is 26.7 Å². The van der Waals surface area contributed by atoms with Crippen LogP contribution in [0, 0.1) is 0 Å². The lowest BCUT2D eigenvalue weighted by Gasteiger charge is -2.43. The SMILES string of the molecule is Cn1cnc(NS(=O)(=O)CCCCS(=O)(=O)NC2CSC2(C)C)n1. The quantitative estimate of drug-likeness (QED) is 0.569. The number of nitrogens with one attached hydrogen (secondary N) is 2. The highest BCUT2D eigenvalue weighted by Crippen LogP contribution is 2.40. The molecule has 9 nitrogen and oxygen atoms in total. The van der Waals surface area contributed by atoms with E-state index < -0.39 is 20.0 Å². The molecule has 2 heterocycles. The smallest absolute Gasteiger partial charge is 0.254 e. The highest BCUT2D eigenvalue weighted by molar-refractivity contribution is 8.02. The summed E-state index contributed by atoms with van der Waals surface area (Å²) in [5.74, 6) is 0.519. The molecule has 1 saturated heterocycles. The highest BCUT2D eigenvalue weighted by Gasteiger charge is 2.41. The molecule has 0 aliphatic carbocycles. The van der Waals surface area contributed by atoms with Gasteiger partial charge in [-0.25, -0.2) is 26.3 Å². The van der Waals surface area contributed by atoms with Crippen molar-refractivity contribution in [2.75, 3.05) is 22.0 Å². The lowest BCUT2D eigenvalue weighted by atomic mass is 10.1. The first kappa shape index (κ1) is 19.5. The van der Waals surface area contributed by atoms with Crippen molar-refractivity contribution in [3.05, 3.63) is 6.33 Å². The molecule has 0 bridgehead atoms. The number of thioether (sulfide) groups is 1. The minimum Gasteiger partial charge on any atom is -0.254 e. The van der Waals surface area contributed by atoms with Crippen LogP contribution < -0.4 is 9.44 Å². The largest absolute Gasteiger partial charge is 0.255 e. The average Bonchev–Trinajstić information content (AvgIpc) is 2.85. The summed E-state index contributed by atoms with van der Waals surface area (Å²) in [5.41, 5.74) is 0. The Labute approximate surface area is 147 Å². The van der Waals surface area contributed by atoms with Crippen LogP contribution in [0.5, 0.6) is 0 Å². The van der Waals surface area contributed by atoms with Gasteiger partial charge in [0.15, 0.2) is 0 Å². The Hall–Kier alpha value is -0.850. The molecule has 1 aromatic heterocycles. The van der Waals surface area contributed by atoms with Crippen molar-refractivity contribution >= 4 is 37.8 Å². The van der Waals surface area contributed by atoms with Crippen molar-refractivity contribution in [3.63, 3.8) is 0 Å². The van der Waals surface area contributed by atoms with Gasteiger partial charge in [-0.15, -0.1) is 5.10 Å². The zero-order valence-corrected chi connectivity index (χ0v) is 16.3. The first-order valence-corrected chi connectivity index (χ1v) is 11.8. The molecule has 1 fully saturated rings. The van der Waals surface area contributed by atoms with Gasteiger partial charge in [-0.2, -0.15) is 16.7 Å². The lowest BCUT2D eigenvalue weighted by Crippen LogP contribution is -2.56. The zero-order valence-electron chi connectivity index (χ0n) is 13.9. The van der Waals surface area contributed by atoms with Crippen molar-refractivity contribution in [2.24, 2.45) is 7.05 Å². The number of aryl methyl sites for hydroxylation is 1. The normalized spacial score (nSPS) is 20.5. The fraction of sp³-hybridized carbons (Fsp3) is 0.833. The summed E-state index contributed by atoms with van der Waals surface area (Å²) < 4.78 is 54.1. The van der Waals surface area contributed by atoms with Crippen LogP contribution in [0.2, 0.25) is 0 Å². The predicted octanol–water partition coefficient (Wildman–Crippen LogP) is 0.150. The van der Waals surface area contributed by atoms with Crippen LogP contribution in [0.15, 0.2) is 6.33 Å². The van der Waals surface area contributed by atoms with Crippen LogP contribution in [-0.4, -0.2) is 59.6 Å². The summed E-state index contributed by atoms with van der Waals surface area (Å²) >= 11 is 1.72. The Morgan fingerprint density at radius 2 is 1.88 bits per heavy atom. The standard InChI is InChI=1S/C12H23N5O4S3/c1-12(2)10(8-22-12)15-23(18,19)6-4-5-7-24(20,21)16-11-13-9-17(3)14-11/h9-10,15H,4-8H2,1-3H3,(H,14,16). The van der Waals surface area contributed by atoms with E-state index >= 15 is 0 Å². The van der Waals surface area contributed by atoms with Gasteiger partial charge in [0.05, 0.1) is 11.5 Å². The van der Waals surface area contributed by atoms with Gasteiger partial charge in [-0.1, -0.05) is 0 Å². The number of nitrogens with zero attached hydrogens (tertiary/aromatic N) is 3. The number of aromatic nitrogens is 3. The number of rotatable bonds is 9. The van der Waals surface area contributed by atoms with Gasteiger partial charge in [0.25, 0.3) is 5.95 Å². The topological polar surface area (TPSA) is 123 Å². The second kappa shape index (κ2) is 7.18. The maximum Gasteiger partial charge on any atom is 0.255 e. The zero-order chi connectivity index (χ0) is 18.0. The second-order valence-electron chi connectivity index (χ2n) is 6.27. The van der Waals surface area contributed by atoms with Crippen molar-refractivity contribution in [1.82, 2.24) is 19.5 Å². The highest BCUT2D eigenvalue weighted by atomic mass is 32.2. The first-order chi connectivity index (χ1) is 11.0. The summed E-state index contributed by atoms with van der Waals surface area (Å²) in [7, 11) is -5.34. The molecule has 0 saturated carbocycles. The summed E-state index contributed by atoms with van der Waals surface area (Å²) in [5, 5.41) is 3.83. The molecule has 1 aliphatic heterocycles. The van der Waals surface area contributed by atoms with E-state index in [1.807, 2.05) is 13.8 Å². The molecule has 2 rings (SSSR count). The Morgan fingerprint density at radius 1 is 1.25 bits per heavy atom. The molecule has 1 aliphatic rings. The molecule has 0 spiro atoms. The number of hydrogen-bond donors (Lipinski definition) is 2. The van der Waals surface area contributed by atoms with Crippen molar-refractivity contribution in [1.29, 1.82) is 0 Å². The van der Waals surface area contributed by atoms with E-state index in [0.717, 1.165) is 5.75 Å². The number of anilines is 1. The summed E-state index contributed by atoms with van der Waals surface area (Å²) in [6.45, 7) is 4.00. The van der Waals surface area contributed by atoms with Gasteiger partial charge < -0.3 is 0 Å². The second-order valence-corrected chi connectivity index (χ2v) is 11.7. The molecule has 1 aromatic rings. The fourth-order valence-corrected chi connectivity index (χ4v) is 6.01. The predicted molar refractivity (Wildman–Crippen MR) is 94.9 cm³/mol. The van der Waals surface area contributed by atoms with Crippen LogP contribution in [0.3, 0.4) is 0 Å². The van der Waals surface area contributed by atoms with Gasteiger partial charge in [0, 0.05) is 23.6 Å². The number of unbranched alkanes of at least 4 members (excludes halogenated alkanes) is 1. The molecule has 138 valence electrons. The minimum atomic E-state index is -3.58. The minimum absolute atomic E-state index is 0.0107. The first-order valence-electron chi connectivity index (χ1n) is 7.49. The monoisotopic (exact) mass is 397 g/mol. The van der Waals surface area contributed by atoms with Crippen LogP contribution in [0.1, 0.15) is 26.7 Å². The van der Waals surface area contributed by atoms with E-state index in [1.165, 1.54) is 11.0 Å². The summed E-state index contributed by atoms with van der Waals surface area (Å²) in [4.78, 5) is 3.78. The van der Waals surface area contributed by atoms with E-state index in [-0.39, 0.29) is 41.1 Å². The van der Waals surface area contributed by atoms with E-state index in [1.54, 1.807) is 18.8 Å². The van der Waals surface area contributed by atoms with Crippen molar-refractivity contribution < 1.29 is 16.8 Å². The fourth-order valence-electron chi connectivity index (χ4n) is 2.11. The summed E-state index contributed by atoms with van der Waals surface area (Å²) in [6.07, 6.45) is 1.90. The Morgan fingerprint density at radius 3 is 2.33 bits per heavy atom. The van der Waals surface area contributed by atoms with E-state index in [0.29, 0.717) is 0 Å². The third-order valence-corrected chi connectivity index (χ3v) is 8.02. The number of sulfonamides is 2. The van der Waals surface area contributed by atoms with Gasteiger partial charge in [0.2, 0.25) is 20.0 Å². The van der Waals surface area contributed by atoms with E-state index in [4.69, 9.17) is 0 Å². The summed E-state index contributed by atoms with van der Waals surface area (Å²) in [6, 6.07) is -0.0619. The molecule has 1 unspecified atom stereocenters. The molecule has 0 aromatic carbocycles. The Kier molecular flexibility index (Phi) is 5.83. The van der Waals surface area contributed by atoms with Crippen molar-refractivity contribution in [3.8, 4) is 0 Å². The van der Waals surface area contributed by atoms with Gasteiger partial charge in [0.1, 0.15) is 6.33 Å². The number of hydrogen-bond acceptors (Lipinski definition) is 7. The molecule has 12 heteroatoms. The lowest BCUT2D eigenvalue weighted by molar-refractivity contribution is 0.485. The van der Waals surface area contributed by atoms with Gasteiger partial charge in [-0.3, -0.25) is 4.68 Å². The third-order valence-electron chi connectivity index (χ3n) is 3.71. The van der Waals surface area contributed by atoms with E-state index in [9.17, 15) is 16.8 Å². The molecular weight excluding hydrogens is 374 g/mol. The molecular formula is C12H23N5O4S3. The van der Waals surface area contributed by atoms with E-state index in [2.05, 4.69) is 19.5 Å². The molecule has 0 radical (unpaired) electrons. The van der Waals surface area contributed by atoms with Crippen LogP contribution in [-0.2, 0) is 27.1 Å². The molecule has 24 heavy (non-hydrogen) atoms. The molecule has 0 amide bonds. The van der Waals surface area contributed by atoms with Crippen LogP contribution in [0.4, 0.5) is 5.95 Å². The maximum absolute atomic E-state index is 12.0. The molecule has 1 atom stereocenters. The average molecular weight is 398 g/mol. The van der Waals surface area contributed by atoms with Crippen molar-refractivity contribution in [2.45, 2.75) is 37.5 Å². The Balaban J connectivity index is 1.73. The van der Waals surface area contributed by atoms with Crippen LogP contribution in [0.25, 0.3) is 0 Å². The maximum atomic E-state index is 12.0. The van der Waals surface area contributed by atoms with Crippen LogP contribution >= 0.6 is 11.8 Å². The Bertz CT molecular complexity index is 772. The molecule has 2 N–H and O–H groups in total. The third kappa shape index (κ3) is 5.60. The van der Waals surface area contributed by atoms with Gasteiger partial charge >= 0.3 is 0 Å².